The van der Waals surface area contributed by atoms with E-state index in [9.17, 15) is 9.59 Å². The van der Waals surface area contributed by atoms with Crippen LogP contribution in [0.5, 0.6) is 0 Å². The predicted molar refractivity (Wildman–Crippen MR) is 125 cm³/mol. The molecule has 0 saturated heterocycles. The SMILES string of the molecule is CCCCCCCCCCCCCCCC.COC(=O)c1ccccc1C(=O)OC. The van der Waals surface area contributed by atoms with Crippen LogP contribution < -0.4 is 0 Å². The number of hydrogen-bond donors (Lipinski definition) is 0. The van der Waals surface area contributed by atoms with Crippen molar-refractivity contribution in [2.75, 3.05) is 14.2 Å². The largest absolute Gasteiger partial charge is 0.465 e. The average molecular weight is 421 g/mol. The van der Waals surface area contributed by atoms with Crippen LogP contribution in [0.2, 0.25) is 0 Å². The van der Waals surface area contributed by atoms with Gasteiger partial charge in [-0.15, -0.1) is 0 Å². The summed E-state index contributed by atoms with van der Waals surface area (Å²) < 4.78 is 9.05. The summed E-state index contributed by atoms with van der Waals surface area (Å²) in [7, 11) is 2.52. The first-order chi connectivity index (χ1) is 14.6. The molecule has 1 rings (SSSR count). The molecule has 0 bridgehead atoms. The van der Waals surface area contributed by atoms with Crippen LogP contribution in [0.1, 0.15) is 124 Å². The van der Waals surface area contributed by atoms with Crippen molar-refractivity contribution in [2.24, 2.45) is 0 Å². The zero-order valence-electron chi connectivity index (χ0n) is 19.8. The minimum atomic E-state index is -0.550. The van der Waals surface area contributed by atoms with E-state index in [-0.39, 0.29) is 11.1 Å². The second kappa shape index (κ2) is 20.4. The summed E-state index contributed by atoms with van der Waals surface area (Å²) >= 11 is 0. The molecule has 1 aromatic rings. The molecule has 0 atom stereocenters. The van der Waals surface area contributed by atoms with Crippen molar-refractivity contribution < 1.29 is 19.1 Å². The molecule has 0 unspecified atom stereocenters. The fraction of sp³-hybridized carbons (Fsp3) is 0.692. The van der Waals surface area contributed by atoms with Gasteiger partial charge in [-0.05, 0) is 12.1 Å². The van der Waals surface area contributed by atoms with Gasteiger partial charge in [0.2, 0.25) is 0 Å². The van der Waals surface area contributed by atoms with E-state index >= 15 is 0 Å². The number of rotatable bonds is 15. The lowest BCUT2D eigenvalue weighted by Crippen LogP contribution is -2.11. The molecule has 0 radical (unpaired) electrons. The fourth-order valence-electron chi connectivity index (χ4n) is 3.33. The van der Waals surface area contributed by atoms with E-state index in [0.717, 1.165) is 0 Å². The Kier molecular flexibility index (Phi) is 19.2. The van der Waals surface area contributed by atoms with Gasteiger partial charge < -0.3 is 9.47 Å². The third-order valence-corrected chi connectivity index (χ3v) is 5.19. The van der Waals surface area contributed by atoms with Crippen molar-refractivity contribution in [3.63, 3.8) is 0 Å². The highest BCUT2D eigenvalue weighted by molar-refractivity contribution is 6.03. The Morgan fingerprint density at radius 1 is 0.567 bits per heavy atom. The molecule has 172 valence electrons. The third-order valence-electron chi connectivity index (χ3n) is 5.19. The van der Waals surface area contributed by atoms with E-state index in [4.69, 9.17) is 0 Å². The zero-order chi connectivity index (χ0) is 22.5. The smallest absolute Gasteiger partial charge is 0.338 e. The monoisotopic (exact) mass is 420 g/mol. The summed E-state index contributed by atoms with van der Waals surface area (Å²) in [6.07, 6.45) is 20.4. The molecule has 0 fully saturated rings. The maximum atomic E-state index is 11.2. The van der Waals surface area contributed by atoms with Gasteiger partial charge in [-0.3, -0.25) is 0 Å². The second-order valence-electron chi connectivity index (χ2n) is 7.77. The summed E-state index contributed by atoms with van der Waals surface area (Å²) in [5.74, 6) is -1.10. The number of unbranched alkanes of at least 4 members (excludes halogenated alkanes) is 13. The summed E-state index contributed by atoms with van der Waals surface area (Å²) in [5.41, 5.74) is 0.420. The summed E-state index contributed by atoms with van der Waals surface area (Å²) in [5, 5.41) is 0. The first-order valence-corrected chi connectivity index (χ1v) is 11.9. The first kappa shape index (κ1) is 28.2. The molecule has 0 aliphatic rings. The summed E-state index contributed by atoms with van der Waals surface area (Å²) in [4.78, 5) is 22.4. The number of esters is 2. The maximum absolute atomic E-state index is 11.2. The van der Waals surface area contributed by atoms with Crippen LogP contribution in [0.15, 0.2) is 24.3 Å². The Bertz CT molecular complexity index is 505. The van der Waals surface area contributed by atoms with Crippen molar-refractivity contribution >= 4 is 11.9 Å². The summed E-state index contributed by atoms with van der Waals surface area (Å²) in [6, 6.07) is 6.33. The van der Waals surface area contributed by atoms with E-state index in [1.54, 1.807) is 12.1 Å². The first-order valence-electron chi connectivity index (χ1n) is 11.9. The second-order valence-corrected chi connectivity index (χ2v) is 7.77. The van der Waals surface area contributed by atoms with Crippen LogP contribution in [-0.2, 0) is 9.47 Å². The van der Waals surface area contributed by atoms with Crippen molar-refractivity contribution in [2.45, 2.75) is 104 Å². The Balaban J connectivity index is 0.000000564. The quantitative estimate of drug-likeness (QED) is 0.215. The number of carbonyl (C=O) groups is 2. The van der Waals surface area contributed by atoms with Crippen LogP contribution in [0.25, 0.3) is 0 Å². The number of hydrogen-bond acceptors (Lipinski definition) is 4. The van der Waals surface area contributed by atoms with Crippen LogP contribution in [0, 0.1) is 0 Å². The van der Waals surface area contributed by atoms with Crippen LogP contribution in [0.4, 0.5) is 0 Å². The average Bonchev–Trinajstić information content (AvgIpc) is 2.79. The molecular weight excluding hydrogens is 376 g/mol. The lowest BCUT2D eigenvalue weighted by atomic mass is 10.0. The van der Waals surface area contributed by atoms with E-state index in [1.807, 2.05) is 0 Å². The van der Waals surface area contributed by atoms with E-state index in [1.165, 1.54) is 116 Å². The molecule has 1 aromatic carbocycles. The van der Waals surface area contributed by atoms with E-state index < -0.39 is 11.9 Å². The molecule has 0 heterocycles. The van der Waals surface area contributed by atoms with Crippen molar-refractivity contribution in [1.82, 2.24) is 0 Å². The van der Waals surface area contributed by atoms with Crippen LogP contribution in [-0.4, -0.2) is 26.2 Å². The maximum Gasteiger partial charge on any atom is 0.338 e. The molecular formula is C26H44O4. The number of benzene rings is 1. The minimum Gasteiger partial charge on any atom is -0.465 e. The minimum absolute atomic E-state index is 0.210. The molecule has 30 heavy (non-hydrogen) atoms. The fourth-order valence-corrected chi connectivity index (χ4v) is 3.33. The molecule has 0 spiro atoms. The predicted octanol–water partition coefficient (Wildman–Crippen LogP) is 7.75. The molecule has 0 aliphatic carbocycles. The lowest BCUT2D eigenvalue weighted by molar-refractivity contribution is 0.0555. The van der Waals surface area contributed by atoms with Crippen molar-refractivity contribution in [1.29, 1.82) is 0 Å². The Morgan fingerprint density at radius 2 is 0.833 bits per heavy atom. The van der Waals surface area contributed by atoms with Gasteiger partial charge in [-0.25, -0.2) is 9.59 Å². The Hall–Kier alpha value is -1.84. The van der Waals surface area contributed by atoms with Crippen molar-refractivity contribution in [3.05, 3.63) is 35.4 Å². The Labute approximate surface area is 184 Å². The molecule has 0 amide bonds. The van der Waals surface area contributed by atoms with Crippen molar-refractivity contribution in [3.8, 4) is 0 Å². The van der Waals surface area contributed by atoms with Gasteiger partial charge in [-0.2, -0.15) is 0 Å². The molecule has 0 saturated carbocycles. The number of methoxy groups -OCH3 is 2. The van der Waals surface area contributed by atoms with Gasteiger partial charge in [0.05, 0.1) is 25.3 Å². The van der Waals surface area contributed by atoms with Gasteiger partial charge in [0.25, 0.3) is 0 Å². The van der Waals surface area contributed by atoms with Gasteiger partial charge >= 0.3 is 11.9 Å². The molecule has 4 heteroatoms. The highest BCUT2D eigenvalue weighted by atomic mass is 16.5. The highest BCUT2D eigenvalue weighted by Gasteiger charge is 2.16. The molecule has 0 N–H and O–H groups in total. The lowest BCUT2D eigenvalue weighted by Gasteiger charge is -2.04. The van der Waals surface area contributed by atoms with Gasteiger partial charge in [0.1, 0.15) is 0 Å². The van der Waals surface area contributed by atoms with Crippen LogP contribution in [0.3, 0.4) is 0 Å². The number of carbonyl (C=O) groups excluding carboxylic acids is 2. The topological polar surface area (TPSA) is 52.6 Å². The molecule has 0 aromatic heterocycles. The number of ether oxygens (including phenoxy) is 2. The molecule has 0 aliphatic heterocycles. The standard InChI is InChI=1S/C16H34.C10H10O4/c1-3-5-7-9-11-13-15-16-14-12-10-8-6-4-2;1-13-9(11)7-5-3-4-6-8(7)10(12)14-2/h3-16H2,1-2H3;3-6H,1-2H3. The van der Waals surface area contributed by atoms with Gasteiger partial charge in [0.15, 0.2) is 0 Å². The zero-order valence-corrected chi connectivity index (χ0v) is 19.8. The van der Waals surface area contributed by atoms with E-state index in [0.29, 0.717) is 0 Å². The normalized spacial score (nSPS) is 10.1. The third kappa shape index (κ3) is 14.2. The highest BCUT2D eigenvalue weighted by Crippen LogP contribution is 2.13. The molecule has 4 nitrogen and oxygen atoms in total. The van der Waals surface area contributed by atoms with Crippen LogP contribution >= 0.6 is 0 Å². The van der Waals surface area contributed by atoms with Gasteiger partial charge in [0, 0.05) is 0 Å². The summed E-state index contributed by atoms with van der Waals surface area (Å²) in [6.45, 7) is 4.58. The van der Waals surface area contributed by atoms with E-state index in [2.05, 4.69) is 23.3 Å². The Morgan fingerprint density at radius 3 is 1.07 bits per heavy atom. The van der Waals surface area contributed by atoms with Gasteiger partial charge in [-0.1, -0.05) is 116 Å².